The Kier molecular flexibility index (Phi) is 6.08. The van der Waals surface area contributed by atoms with E-state index in [9.17, 15) is 14.4 Å². The van der Waals surface area contributed by atoms with E-state index in [-0.39, 0.29) is 23.8 Å². The second-order valence-electron chi connectivity index (χ2n) is 4.88. The number of ether oxygens (including phenoxy) is 1. The maximum Gasteiger partial charge on any atom is 0.325 e. The number of hydrogen-bond acceptors (Lipinski definition) is 5. The Morgan fingerprint density at radius 1 is 1.38 bits per heavy atom. The first-order valence-electron chi connectivity index (χ1n) is 6.86. The molecule has 0 atom stereocenters. The van der Waals surface area contributed by atoms with Crippen LogP contribution in [0.4, 0.5) is 0 Å². The van der Waals surface area contributed by atoms with Gasteiger partial charge in [0.2, 0.25) is 0 Å². The average Bonchev–Trinajstić information content (AvgIpc) is 2.46. The Morgan fingerprint density at radius 3 is 2.57 bits per heavy atom. The summed E-state index contributed by atoms with van der Waals surface area (Å²) in [5.74, 6) is -0.904. The summed E-state index contributed by atoms with van der Waals surface area (Å²) < 4.78 is 5.84. The lowest BCUT2D eigenvalue weighted by Gasteiger charge is -2.25. The number of esters is 1. The zero-order chi connectivity index (χ0) is 16.0. The van der Waals surface area contributed by atoms with Crippen LogP contribution in [0.2, 0.25) is 0 Å². The van der Waals surface area contributed by atoms with E-state index in [1.807, 2.05) is 6.92 Å². The van der Waals surface area contributed by atoms with E-state index in [0.29, 0.717) is 6.54 Å². The molecule has 0 saturated heterocycles. The van der Waals surface area contributed by atoms with Gasteiger partial charge in [0.05, 0.1) is 7.11 Å². The Hall–Kier alpha value is -2.18. The van der Waals surface area contributed by atoms with Gasteiger partial charge in [0.1, 0.15) is 12.2 Å². The molecule has 21 heavy (non-hydrogen) atoms. The summed E-state index contributed by atoms with van der Waals surface area (Å²) in [6, 6.07) is 2.50. The summed E-state index contributed by atoms with van der Waals surface area (Å²) in [6.07, 6.45) is 0.737. The molecule has 0 fully saturated rings. The van der Waals surface area contributed by atoms with Crippen molar-refractivity contribution in [3.63, 3.8) is 0 Å². The van der Waals surface area contributed by atoms with Crippen molar-refractivity contribution in [1.29, 1.82) is 0 Å². The van der Waals surface area contributed by atoms with Gasteiger partial charge in [0, 0.05) is 18.7 Å². The fourth-order valence-corrected chi connectivity index (χ4v) is 1.77. The van der Waals surface area contributed by atoms with Gasteiger partial charge in [-0.2, -0.15) is 5.10 Å². The van der Waals surface area contributed by atoms with E-state index in [1.54, 1.807) is 13.8 Å². The fraction of sp³-hybridized carbons (Fsp3) is 0.571. The van der Waals surface area contributed by atoms with Crippen molar-refractivity contribution in [2.24, 2.45) is 0 Å². The number of nitrogens with zero attached hydrogens (tertiary/aromatic N) is 3. The van der Waals surface area contributed by atoms with E-state index in [0.717, 1.165) is 6.42 Å². The molecule has 0 aromatic carbocycles. The van der Waals surface area contributed by atoms with E-state index in [1.165, 1.54) is 28.8 Å². The number of methoxy groups -OCH3 is 1. The summed E-state index contributed by atoms with van der Waals surface area (Å²) in [5, 5.41) is 4.06. The van der Waals surface area contributed by atoms with Crippen LogP contribution in [0.15, 0.2) is 16.9 Å². The summed E-state index contributed by atoms with van der Waals surface area (Å²) in [4.78, 5) is 36.8. The van der Waals surface area contributed by atoms with Crippen molar-refractivity contribution >= 4 is 11.9 Å². The van der Waals surface area contributed by atoms with Gasteiger partial charge >= 0.3 is 5.97 Å². The van der Waals surface area contributed by atoms with Crippen LogP contribution >= 0.6 is 0 Å². The van der Waals surface area contributed by atoms with Crippen molar-refractivity contribution < 1.29 is 14.3 Å². The number of aryl methyl sites for hydroxylation is 1. The third kappa shape index (κ3) is 4.40. The molecule has 116 valence electrons. The predicted molar refractivity (Wildman–Crippen MR) is 77.0 cm³/mol. The molecule has 1 aromatic heterocycles. The molecule has 1 amide bonds. The van der Waals surface area contributed by atoms with E-state index in [4.69, 9.17) is 0 Å². The van der Waals surface area contributed by atoms with Gasteiger partial charge < -0.3 is 9.64 Å². The van der Waals surface area contributed by atoms with E-state index < -0.39 is 11.9 Å². The highest BCUT2D eigenvalue weighted by atomic mass is 16.5. The Bertz CT molecular complexity index is 566. The Labute approximate surface area is 123 Å². The number of aromatic nitrogens is 2. The second-order valence-corrected chi connectivity index (χ2v) is 4.88. The zero-order valence-corrected chi connectivity index (χ0v) is 12.8. The van der Waals surface area contributed by atoms with Crippen LogP contribution in [0.3, 0.4) is 0 Å². The Balaban J connectivity index is 3.06. The lowest BCUT2D eigenvalue weighted by molar-refractivity contribution is -0.141. The largest absolute Gasteiger partial charge is 0.468 e. The highest BCUT2D eigenvalue weighted by Crippen LogP contribution is 2.06. The minimum absolute atomic E-state index is 0.139. The number of carbonyl (C=O) groups excluding carboxylic acids is 2. The maximum atomic E-state index is 12.4. The van der Waals surface area contributed by atoms with Crippen molar-refractivity contribution in [2.75, 3.05) is 13.7 Å². The van der Waals surface area contributed by atoms with Gasteiger partial charge in [0.15, 0.2) is 0 Å². The molecule has 0 saturated carbocycles. The molecule has 0 aliphatic rings. The molecule has 0 aliphatic heterocycles. The quantitative estimate of drug-likeness (QED) is 0.721. The first-order valence-corrected chi connectivity index (χ1v) is 6.86. The summed E-state index contributed by atoms with van der Waals surface area (Å²) in [5.41, 5.74) is -0.113. The van der Waals surface area contributed by atoms with Gasteiger partial charge in [-0.1, -0.05) is 6.92 Å². The van der Waals surface area contributed by atoms with Gasteiger partial charge in [-0.3, -0.25) is 14.4 Å². The van der Waals surface area contributed by atoms with Crippen LogP contribution in [-0.4, -0.2) is 46.3 Å². The van der Waals surface area contributed by atoms with E-state index in [2.05, 4.69) is 9.84 Å². The van der Waals surface area contributed by atoms with Crippen LogP contribution in [0.5, 0.6) is 0 Å². The third-order valence-electron chi connectivity index (χ3n) is 2.93. The summed E-state index contributed by atoms with van der Waals surface area (Å²) in [6.45, 7) is 5.80. The zero-order valence-electron chi connectivity index (χ0n) is 12.8. The fourth-order valence-electron chi connectivity index (χ4n) is 1.77. The molecule has 0 N–H and O–H groups in total. The standard InChI is InChI=1S/C14H21N3O4/c1-5-8-17-12(18)7-6-11(15-17)14(20)16(10(2)3)9-13(19)21-4/h6-7,10H,5,8-9H2,1-4H3. The van der Waals surface area contributed by atoms with Crippen molar-refractivity contribution in [1.82, 2.24) is 14.7 Å². The first kappa shape index (κ1) is 16.9. The lowest BCUT2D eigenvalue weighted by atomic mass is 10.2. The molecule has 1 heterocycles. The van der Waals surface area contributed by atoms with Crippen LogP contribution in [0.1, 0.15) is 37.7 Å². The normalized spacial score (nSPS) is 10.5. The summed E-state index contributed by atoms with van der Waals surface area (Å²) in [7, 11) is 1.27. The predicted octanol–water partition coefficient (Wildman–Crippen LogP) is 0.677. The maximum absolute atomic E-state index is 12.4. The molecule has 7 heteroatoms. The highest BCUT2D eigenvalue weighted by Gasteiger charge is 2.23. The first-order chi connectivity index (χ1) is 9.90. The van der Waals surface area contributed by atoms with Crippen molar-refractivity contribution in [3.05, 3.63) is 28.2 Å². The molecule has 1 aromatic rings. The molecule has 1 rings (SSSR count). The van der Waals surface area contributed by atoms with Crippen LogP contribution in [0.25, 0.3) is 0 Å². The monoisotopic (exact) mass is 295 g/mol. The molecule has 7 nitrogen and oxygen atoms in total. The average molecular weight is 295 g/mol. The smallest absolute Gasteiger partial charge is 0.325 e. The minimum atomic E-state index is -0.501. The minimum Gasteiger partial charge on any atom is -0.468 e. The van der Waals surface area contributed by atoms with Crippen LogP contribution in [-0.2, 0) is 16.1 Å². The van der Waals surface area contributed by atoms with Gasteiger partial charge in [-0.25, -0.2) is 4.68 Å². The van der Waals surface area contributed by atoms with E-state index >= 15 is 0 Å². The molecule has 0 radical (unpaired) electrons. The molecule has 0 spiro atoms. The number of rotatable bonds is 6. The Morgan fingerprint density at radius 2 is 2.05 bits per heavy atom. The molecule has 0 aliphatic carbocycles. The molecule has 0 bridgehead atoms. The number of hydrogen-bond donors (Lipinski definition) is 0. The lowest BCUT2D eigenvalue weighted by Crippen LogP contribution is -2.42. The number of carbonyl (C=O) groups is 2. The summed E-state index contributed by atoms with van der Waals surface area (Å²) >= 11 is 0. The molecular formula is C14H21N3O4. The molecule has 0 unspecified atom stereocenters. The highest BCUT2D eigenvalue weighted by molar-refractivity contribution is 5.94. The second kappa shape index (κ2) is 7.56. The molecular weight excluding hydrogens is 274 g/mol. The van der Waals surface area contributed by atoms with Crippen molar-refractivity contribution in [2.45, 2.75) is 39.8 Å². The topological polar surface area (TPSA) is 81.5 Å². The van der Waals surface area contributed by atoms with Gasteiger partial charge in [-0.15, -0.1) is 0 Å². The van der Waals surface area contributed by atoms with Gasteiger partial charge in [-0.05, 0) is 26.3 Å². The third-order valence-corrected chi connectivity index (χ3v) is 2.93. The van der Waals surface area contributed by atoms with Gasteiger partial charge in [0.25, 0.3) is 11.5 Å². The van der Waals surface area contributed by atoms with Crippen molar-refractivity contribution in [3.8, 4) is 0 Å². The van der Waals surface area contributed by atoms with Crippen LogP contribution < -0.4 is 5.56 Å². The van der Waals surface area contributed by atoms with Crippen LogP contribution in [0, 0.1) is 0 Å². The SMILES string of the molecule is CCCn1nc(C(=O)N(CC(=O)OC)C(C)C)ccc1=O. The number of amides is 1.